The van der Waals surface area contributed by atoms with Crippen LogP contribution in [-0.4, -0.2) is 53.8 Å². The van der Waals surface area contributed by atoms with E-state index in [2.05, 4.69) is 32.9 Å². The molecule has 1 aliphatic rings. The van der Waals surface area contributed by atoms with E-state index in [9.17, 15) is 9.90 Å². The number of fused-ring (bicyclic) bond motifs is 1. The zero-order valence-corrected chi connectivity index (χ0v) is 25.3. The molecular weight excluding hydrogens is 589 g/mol. The van der Waals surface area contributed by atoms with Gasteiger partial charge in [-0.05, 0) is 67.9 Å². The summed E-state index contributed by atoms with van der Waals surface area (Å²) in [6.07, 6.45) is 3.67. The van der Waals surface area contributed by atoms with Crippen molar-refractivity contribution in [3.63, 3.8) is 0 Å². The van der Waals surface area contributed by atoms with Crippen molar-refractivity contribution in [1.82, 2.24) is 24.0 Å². The van der Waals surface area contributed by atoms with Crippen molar-refractivity contribution < 1.29 is 19.4 Å². The van der Waals surface area contributed by atoms with Gasteiger partial charge in [-0.3, -0.25) is 4.90 Å². The van der Waals surface area contributed by atoms with Crippen LogP contribution in [0.4, 0.5) is 0 Å². The highest BCUT2D eigenvalue weighted by atomic mass is 35.5. The molecular formula is C32H31Cl2N5O4. The van der Waals surface area contributed by atoms with E-state index in [4.69, 9.17) is 37.7 Å². The van der Waals surface area contributed by atoms with E-state index in [1.807, 2.05) is 36.8 Å². The van der Waals surface area contributed by atoms with E-state index in [-0.39, 0.29) is 17.7 Å². The summed E-state index contributed by atoms with van der Waals surface area (Å²) in [5.41, 5.74) is 3.79. The predicted octanol–water partition coefficient (Wildman–Crippen LogP) is 6.54. The Labute approximate surface area is 259 Å². The van der Waals surface area contributed by atoms with Crippen molar-refractivity contribution in [2.75, 3.05) is 6.54 Å². The maximum Gasteiger partial charge on any atom is 0.335 e. The Kier molecular flexibility index (Phi) is 8.30. The number of likely N-dealkylation sites (tertiary alicyclic amines) is 1. The minimum absolute atomic E-state index is 0.0137. The van der Waals surface area contributed by atoms with Gasteiger partial charge >= 0.3 is 5.97 Å². The summed E-state index contributed by atoms with van der Waals surface area (Å²) >= 11 is 12.2. The third-order valence-corrected chi connectivity index (χ3v) is 8.41. The molecule has 6 rings (SSSR count). The van der Waals surface area contributed by atoms with Crippen LogP contribution in [0.5, 0.6) is 11.5 Å². The maximum absolute atomic E-state index is 11.7. The van der Waals surface area contributed by atoms with Gasteiger partial charge in [0.1, 0.15) is 30.0 Å². The molecule has 0 radical (unpaired) electrons. The maximum atomic E-state index is 11.7. The molecule has 1 aliphatic heterocycles. The summed E-state index contributed by atoms with van der Waals surface area (Å²) in [6.45, 7) is 7.24. The van der Waals surface area contributed by atoms with Crippen LogP contribution in [-0.2, 0) is 26.2 Å². The van der Waals surface area contributed by atoms with Crippen molar-refractivity contribution in [2.45, 2.75) is 52.2 Å². The number of rotatable bonds is 11. The zero-order chi connectivity index (χ0) is 30.1. The number of nitrogens with zero attached hydrogens (tertiary/aromatic N) is 5. The molecule has 3 aromatic carbocycles. The number of imidazole rings is 2. The standard InChI is InChI=1S/C32H31Cl2N5O4/c1-3-37-19-35-14-24(37)15-39-28-12-22(32(40)41)7-9-27(28)36-31(39)17-38-16-30(20(38)2)43-25-6-4-5-21(11-25)18-42-29-10-8-23(33)13-26(29)34/h4-14,19-20,30H,3,15-18H2,1-2H3,(H,40,41)/t20-,30-/m0/s1. The second-order valence-electron chi connectivity index (χ2n) is 10.6. The first-order valence-corrected chi connectivity index (χ1v) is 14.8. The molecule has 3 heterocycles. The fourth-order valence-corrected chi connectivity index (χ4v) is 5.80. The lowest BCUT2D eigenvalue weighted by Gasteiger charge is -2.45. The van der Waals surface area contributed by atoms with Crippen LogP contribution < -0.4 is 9.47 Å². The Morgan fingerprint density at radius 3 is 2.72 bits per heavy atom. The number of aryl methyl sites for hydroxylation is 1. The number of halogens is 2. The van der Waals surface area contributed by atoms with Crippen LogP contribution >= 0.6 is 23.2 Å². The number of carboxylic acid groups (broad SMARTS) is 1. The molecule has 1 saturated heterocycles. The molecule has 0 aliphatic carbocycles. The molecule has 0 bridgehead atoms. The number of aromatic nitrogens is 4. The van der Waals surface area contributed by atoms with Gasteiger partial charge in [0.25, 0.3) is 0 Å². The second kappa shape index (κ2) is 12.3. The highest BCUT2D eigenvalue weighted by Gasteiger charge is 2.38. The second-order valence-corrected chi connectivity index (χ2v) is 11.5. The quantitative estimate of drug-likeness (QED) is 0.179. The molecule has 5 aromatic rings. The van der Waals surface area contributed by atoms with Gasteiger partial charge in [0, 0.05) is 30.4 Å². The normalized spacial score (nSPS) is 16.7. The number of aromatic carboxylic acids is 1. The topological polar surface area (TPSA) is 94.6 Å². The average molecular weight is 621 g/mol. The third kappa shape index (κ3) is 6.20. The van der Waals surface area contributed by atoms with Crippen molar-refractivity contribution >= 4 is 40.2 Å². The summed E-state index contributed by atoms with van der Waals surface area (Å²) in [7, 11) is 0. The Hall–Kier alpha value is -4.05. The van der Waals surface area contributed by atoms with E-state index in [0.29, 0.717) is 35.5 Å². The van der Waals surface area contributed by atoms with Gasteiger partial charge in [0.15, 0.2) is 0 Å². The van der Waals surface area contributed by atoms with Gasteiger partial charge in [-0.15, -0.1) is 0 Å². The third-order valence-electron chi connectivity index (χ3n) is 7.88. The predicted molar refractivity (Wildman–Crippen MR) is 165 cm³/mol. The minimum atomic E-state index is -0.962. The van der Waals surface area contributed by atoms with Crippen molar-refractivity contribution in [2.24, 2.45) is 0 Å². The molecule has 2 aromatic heterocycles. The first-order valence-electron chi connectivity index (χ1n) is 14.1. The SMILES string of the molecule is CCn1cncc1Cn1c(CN2C[C@H](Oc3cccc(COc4ccc(Cl)cc4Cl)c3)[C@@H]2C)nc2ccc(C(=O)O)cc21. The molecule has 11 heteroatoms. The fourth-order valence-electron chi connectivity index (χ4n) is 5.34. The molecule has 0 unspecified atom stereocenters. The number of hydrogen-bond donors (Lipinski definition) is 1. The Morgan fingerprint density at radius 2 is 1.95 bits per heavy atom. The first kappa shape index (κ1) is 29.0. The molecule has 222 valence electrons. The highest BCUT2D eigenvalue weighted by Crippen LogP contribution is 2.30. The Bertz CT molecular complexity index is 1780. The average Bonchev–Trinajstić information content (AvgIpc) is 3.59. The van der Waals surface area contributed by atoms with E-state index in [1.165, 1.54) is 0 Å². The lowest BCUT2D eigenvalue weighted by Crippen LogP contribution is -2.60. The van der Waals surface area contributed by atoms with Crippen molar-refractivity contribution in [1.29, 1.82) is 0 Å². The Morgan fingerprint density at radius 1 is 1.09 bits per heavy atom. The number of carboxylic acids is 1. The van der Waals surface area contributed by atoms with Gasteiger partial charge < -0.3 is 23.7 Å². The Balaban J connectivity index is 1.14. The van der Waals surface area contributed by atoms with Crippen molar-refractivity contribution in [3.8, 4) is 11.5 Å². The van der Waals surface area contributed by atoms with E-state index >= 15 is 0 Å². The summed E-state index contributed by atoms with van der Waals surface area (Å²) in [4.78, 5) is 23.2. The van der Waals surface area contributed by atoms with Crippen LogP contribution in [0.15, 0.2) is 73.2 Å². The molecule has 0 spiro atoms. The van der Waals surface area contributed by atoms with Gasteiger partial charge in [0.2, 0.25) is 0 Å². The summed E-state index contributed by atoms with van der Waals surface area (Å²) < 4.78 is 16.4. The summed E-state index contributed by atoms with van der Waals surface area (Å²) in [5.74, 6) is 1.26. The largest absolute Gasteiger partial charge is 0.487 e. The lowest BCUT2D eigenvalue weighted by atomic mass is 10.0. The van der Waals surface area contributed by atoms with Gasteiger partial charge in [-0.1, -0.05) is 35.3 Å². The lowest BCUT2D eigenvalue weighted by molar-refractivity contribution is -0.0431. The van der Waals surface area contributed by atoms with Crippen LogP contribution in [0.2, 0.25) is 10.0 Å². The number of benzene rings is 3. The van der Waals surface area contributed by atoms with Gasteiger partial charge in [-0.25, -0.2) is 14.8 Å². The highest BCUT2D eigenvalue weighted by molar-refractivity contribution is 6.35. The molecule has 0 amide bonds. The molecule has 1 N–H and O–H groups in total. The minimum Gasteiger partial charge on any atom is -0.487 e. The molecule has 43 heavy (non-hydrogen) atoms. The number of hydrogen-bond acceptors (Lipinski definition) is 6. The van der Waals surface area contributed by atoms with Crippen LogP contribution in [0, 0.1) is 0 Å². The molecule has 2 atom stereocenters. The fraction of sp³-hybridized carbons (Fsp3) is 0.281. The van der Waals surface area contributed by atoms with Crippen molar-refractivity contribution in [3.05, 3.63) is 106 Å². The molecule has 1 fully saturated rings. The van der Waals surface area contributed by atoms with Crippen LogP contribution in [0.1, 0.15) is 41.3 Å². The summed E-state index contributed by atoms with van der Waals surface area (Å²) in [5, 5.41) is 10.6. The van der Waals surface area contributed by atoms with E-state index < -0.39 is 5.97 Å². The summed E-state index contributed by atoms with van der Waals surface area (Å²) in [6, 6.07) is 18.2. The number of carbonyl (C=O) groups is 1. The van der Waals surface area contributed by atoms with E-state index in [1.54, 1.807) is 36.4 Å². The van der Waals surface area contributed by atoms with Gasteiger partial charge in [0.05, 0.1) is 46.7 Å². The smallest absolute Gasteiger partial charge is 0.335 e. The van der Waals surface area contributed by atoms with Crippen LogP contribution in [0.25, 0.3) is 11.0 Å². The molecule has 9 nitrogen and oxygen atoms in total. The van der Waals surface area contributed by atoms with E-state index in [0.717, 1.165) is 47.0 Å². The number of ether oxygens (including phenoxy) is 2. The molecule has 0 saturated carbocycles. The monoisotopic (exact) mass is 619 g/mol. The zero-order valence-electron chi connectivity index (χ0n) is 23.8. The van der Waals surface area contributed by atoms with Gasteiger partial charge in [-0.2, -0.15) is 0 Å². The first-order chi connectivity index (χ1) is 20.8. The van der Waals surface area contributed by atoms with Crippen LogP contribution in [0.3, 0.4) is 0 Å².